The summed E-state index contributed by atoms with van der Waals surface area (Å²) in [5.41, 5.74) is 6.96. The van der Waals surface area contributed by atoms with Gasteiger partial charge in [0.25, 0.3) is 0 Å². The Morgan fingerprint density at radius 2 is 2.05 bits per heavy atom. The Kier molecular flexibility index (Phi) is 8.90. The molecule has 17 heteroatoms. The molecule has 40 heavy (non-hydrogen) atoms. The van der Waals surface area contributed by atoms with Crippen LogP contribution in [-0.4, -0.2) is 79.9 Å². The van der Waals surface area contributed by atoms with Crippen molar-refractivity contribution in [3.05, 3.63) is 36.7 Å². The molecular weight excluding hydrogens is 549 g/mol. The zero-order chi connectivity index (χ0) is 29.1. The third kappa shape index (κ3) is 6.18. The molecule has 16 nitrogen and oxygen atoms in total. The number of nitrogens with two attached hydrogens (primary N) is 1. The summed E-state index contributed by atoms with van der Waals surface area (Å²) in [5, 5.41) is 24.8. The number of benzene rings is 1. The van der Waals surface area contributed by atoms with Crippen LogP contribution < -0.4 is 20.8 Å². The van der Waals surface area contributed by atoms with E-state index in [4.69, 9.17) is 29.1 Å². The first kappa shape index (κ1) is 29.6. The van der Waals surface area contributed by atoms with Gasteiger partial charge in [0.2, 0.25) is 5.95 Å². The average Bonchev–Trinajstić information content (AvgIpc) is 3.41. The van der Waals surface area contributed by atoms with Crippen molar-refractivity contribution >= 4 is 36.6 Å². The molecular formula is C23H32N7O9P. The molecule has 0 aliphatic carbocycles. The van der Waals surface area contributed by atoms with Gasteiger partial charge in [0.15, 0.2) is 23.2 Å². The van der Waals surface area contributed by atoms with Crippen molar-refractivity contribution in [2.75, 3.05) is 31.5 Å². The number of hydrogen-bond acceptors (Lipinski definition) is 14. The predicted octanol–water partition coefficient (Wildman–Crippen LogP) is 1.14. The zero-order valence-electron chi connectivity index (χ0n) is 22.3. The van der Waals surface area contributed by atoms with E-state index < -0.39 is 50.4 Å². The minimum absolute atomic E-state index is 0.104. The van der Waals surface area contributed by atoms with Crippen LogP contribution in [0, 0.1) is 0 Å². The van der Waals surface area contributed by atoms with E-state index in [-0.39, 0.29) is 35.3 Å². The minimum atomic E-state index is -4.24. The van der Waals surface area contributed by atoms with E-state index in [0.29, 0.717) is 0 Å². The molecule has 0 radical (unpaired) electrons. The van der Waals surface area contributed by atoms with Crippen molar-refractivity contribution in [3.63, 3.8) is 0 Å². The topological polar surface area (TPSA) is 214 Å². The minimum Gasteiger partial charge on any atom is -0.465 e. The smallest absolute Gasteiger partial charge is 0.459 e. The van der Waals surface area contributed by atoms with E-state index in [2.05, 4.69) is 25.5 Å². The molecule has 1 fully saturated rings. The Bertz CT molecular complexity index is 1370. The SMILES string of the molecule is CCOC(=O)[C@H](C)NP(=O)(OC[C@H]1O[C@@H](n2cnc3c(NOC)nc(N)nc32)[C@](C)(O)[C@@H]1O)Oc1ccccc1. The number of hydrogen-bond donors (Lipinski definition) is 5. The third-order valence-corrected chi connectivity index (χ3v) is 7.66. The van der Waals surface area contributed by atoms with E-state index in [1.165, 1.54) is 31.9 Å². The van der Waals surface area contributed by atoms with Gasteiger partial charge in [-0.3, -0.25) is 18.7 Å². The number of fused-ring (bicyclic) bond motifs is 1. The molecule has 1 unspecified atom stereocenters. The van der Waals surface area contributed by atoms with Gasteiger partial charge in [-0.15, -0.1) is 0 Å². The number of para-hydroxylation sites is 1. The summed E-state index contributed by atoms with van der Waals surface area (Å²) < 4.78 is 37.3. The Labute approximate surface area is 229 Å². The van der Waals surface area contributed by atoms with Crippen LogP contribution in [0.15, 0.2) is 36.7 Å². The number of carbonyl (C=O) groups excluding carboxylic acids is 1. The number of aromatic nitrogens is 4. The van der Waals surface area contributed by atoms with Crippen molar-refractivity contribution in [1.29, 1.82) is 0 Å². The summed E-state index contributed by atoms with van der Waals surface area (Å²) in [6, 6.07) is 7.12. The molecule has 0 spiro atoms. The summed E-state index contributed by atoms with van der Waals surface area (Å²) in [6.07, 6.45) is -2.59. The lowest BCUT2D eigenvalue weighted by molar-refractivity contribution is -0.144. The van der Waals surface area contributed by atoms with Gasteiger partial charge in [0.1, 0.15) is 29.6 Å². The molecule has 218 valence electrons. The number of ether oxygens (including phenoxy) is 2. The quantitative estimate of drug-likeness (QED) is 0.115. The number of aliphatic hydroxyl groups is 2. The number of nitrogens with zero attached hydrogens (tertiary/aromatic N) is 4. The lowest BCUT2D eigenvalue weighted by Gasteiger charge is -2.27. The lowest BCUT2D eigenvalue weighted by Crippen LogP contribution is -2.44. The van der Waals surface area contributed by atoms with E-state index >= 15 is 0 Å². The Morgan fingerprint density at radius 3 is 2.73 bits per heavy atom. The molecule has 4 rings (SSSR count). The number of rotatable bonds is 12. The summed E-state index contributed by atoms with van der Waals surface area (Å²) in [5.74, 6) is -0.385. The van der Waals surface area contributed by atoms with Crippen molar-refractivity contribution in [2.24, 2.45) is 0 Å². The number of carbonyl (C=O) groups is 1. The second kappa shape index (κ2) is 12.0. The van der Waals surface area contributed by atoms with Gasteiger partial charge in [-0.05, 0) is 32.9 Å². The summed E-state index contributed by atoms with van der Waals surface area (Å²) in [4.78, 5) is 29.6. The van der Waals surface area contributed by atoms with Gasteiger partial charge >= 0.3 is 13.7 Å². The molecule has 2 aromatic heterocycles. The summed E-state index contributed by atoms with van der Waals surface area (Å²) in [6.45, 7) is 4.06. The second-order valence-corrected chi connectivity index (χ2v) is 10.8. The number of esters is 1. The van der Waals surface area contributed by atoms with Gasteiger partial charge < -0.3 is 29.9 Å². The van der Waals surface area contributed by atoms with Crippen molar-refractivity contribution < 1.29 is 42.9 Å². The normalized spacial score (nSPS) is 24.9. The molecule has 0 amide bonds. The fraction of sp³-hybridized carbons (Fsp3) is 0.478. The van der Waals surface area contributed by atoms with Crippen LogP contribution in [-0.2, 0) is 28.2 Å². The number of aliphatic hydroxyl groups excluding tert-OH is 1. The van der Waals surface area contributed by atoms with Crippen LogP contribution >= 0.6 is 7.75 Å². The molecule has 0 bridgehead atoms. The van der Waals surface area contributed by atoms with Crippen LogP contribution in [0.1, 0.15) is 27.0 Å². The predicted molar refractivity (Wildman–Crippen MR) is 141 cm³/mol. The van der Waals surface area contributed by atoms with Gasteiger partial charge in [-0.2, -0.15) is 15.1 Å². The first-order valence-corrected chi connectivity index (χ1v) is 13.8. The van der Waals surface area contributed by atoms with Crippen LogP contribution in [0.5, 0.6) is 5.75 Å². The van der Waals surface area contributed by atoms with E-state index in [1.807, 2.05) is 0 Å². The fourth-order valence-electron chi connectivity index (χ4n) is 4.09. The van der Waals surface area contributed by atoms with Gasteiger partial charge in [0.05, 0.1) is 26.7 Å². The second-order valence-electron chi connectivity index (χ2n) is 9.06. The van der Waals surface area contributed by atoms with Crippen LogP contribution in [0.4, 0.5) is 11.8 Å². The Morgan fingerprint density at radius 1 is 1.32 bits per heavy atom. The van der Waals surface area contributed by atoms with Gasteiger partial charge in [0, 0.05) is 0 Å². The Hall–Kier alpha value is -3.37. The van der Waals surface area contributed by atoms with Crippen LogP contribution in [0.25, 0.3) is 11.2 Å². The van der Waals surface area contributed by atoms with E-state index in [0.717, 1.165) is 0 Å². The Balaban J connectivity index is 1.57. The molecule has 0 saturated carbocycles. The molecule has 1 aliphatic rings. The highest BCUT2D eigenvalue weighted by Gasteiger charge is 2.54. The molecule has 3 aromatic rings. The molecule has 1 aliphatic heterocycles. The van der Waals surface area contributed by atoms with Gasteiger partial charge in [-0.1, -0.05) is 18.2 Å². The average molecular weight is 582 g/mol. The number of imidazole rings is 1. The summed E-state index contributed by atoms with van der Waals surface area (Å²) >= 11 is 0. The molecule has 3 heterocycles. The number of nitrogen functional groups attached to an aromatic ring is 1. The first-order chi connectivity index (χ1) is 19.0. The highest BCUT2D eigenvalue weighted by atomic mass is 31.2. The van der Waals surface area contributed by atoms with Crippen LogP contribution in [0.3, 0.4) is 0 Å². The zero-order valence-corrected chi connectivity index (χ0v) is 23.1. The highest BCUT2D eigenvalue weighted by Crippen LogP contribution is 2.47. The first-order valence-electron chi connectivity index (χ1n) is 12.3. The molecule has 6 atom stereocenters. The van der Waals surface area contributed by atoms with E-state index in [9.17, 15) is 19.6 Å². The maximum Gasteiger partial charge on any atom is 0.459 e. The van der Waals surface area contributed by atoms with Crippen molar-refractivity contribution in [3.8, 4) is 5.75 Å². The number of anilines is 2. The standard InChI is InChI=1S/C23H32N7O9P/c1-5-36-20(32)13(2)29-40(34,39-14-9-7-6-8-10-14)37-11-15-17(31)23(3,33)21(38-15)30-12-25-16-18(28-35-4)26-22(24)27-19(16)30/h6-10,12-13,15,17,21,31,33H,5,11H2,1-4H3,(H,29,34)(H3,24,26,27,28)/t13-,15+,17+,21+,23+,40?/m0/s1. The molecule has 1 saturated heterocycles. The monoisotopic (exact) mass is 581 g/mol. The number of nitrogens with one attached hydrogen (secondary N) is 2. The molecule has 1 aromatic carbocycles. The lowest BCUT2D eigenvalue weighted by atomic mass is 9.96. The largest absolute Gasteiger partial charge is 0.465 e. The summed E-state index contributed by atoms with van der Waals surface area (Å²) in [7, 11) is -2.85. The van der Waals surface area contributed by atoms with Crippen LogP contribution in [0.2, 0.25) is 0 Å². The maximum atomic E-state index is 13.7. The fourth-order valence-corrected chi connectivity index (χ4v) is 5.59. The van der Waals surface area contributed by atoms with E-state index in [1.54, 1.807) is 37.3 Å². The highest BCUT2D eigenvalue weighted by molar-refractivity contribution is 7.52. The van der Waals surface area contributed by atoms with Gasteiger partial charge in [-0.25, -0.2) is 15.0 Å². The molecule has 6 N–H and O–H groups in total. The van der Waals surface area contributed by atoms with Crippen molar-refractivity contribution in [1.82, 2.24) is 24.6 Å². The van der Waals surface area contributed by atoms with Crippen molar-refractivity contribution in [2.45, 2.75) is 50.8 Å². The maximum absolute atomic E-state index is 13.7. The third-order valence-electron chi connectivity index (χ3n) is 6.01.